The Balaban J connectivity index is 1.60. The van der Waals surface area contributed by atoms with Gasteiger partial charge in [-0.3, -0.25) is 4.79 Å². The minimum absolute atomic E-state index is 0.190. The molecule has 27 heavy (non-hydrogen) atoms. The van der Waals surface area contributed by atoms with E-state index in [0.29, 0.717) is 35.1 Å². The van der Waals surface area contributed by atoms with Crippen LogP contribution in [-0.4, -0.2) is 39.5 Å². The average molecular weight is 408 g/mol. The summed E-state index contributed by atoms with van der Waals surface area (Å²) in [6.45, 7) is 5.96. The number of thiazole rings is 1. The van der Waals surface area contributed by atoms with Crippen LogP contribution in [0.5, 0.6) is 0 Å². The molecule has 1 amide bonds. The first kappa shape index (κ1) is 18.5. The monoisotopic (exact) mass is 407 g/mol. The van der Waals surface area contributed by atoms with Crippen molar-refractivity contribution in [2.75, 3.05) is 17.7 Å². The second-order valence-electron chi connectivity index (χ2n) is 6.88. The van der Waals surface area contributed by atoms with Crippen molar-refractivity contribution in [3.8, 4) is 0 Å². The standard InChI is InChI=1S/C17H21N5O3S2/c1-8-4-11-5-27-16(18)22-17(11,7-24-8)15-21-12(6-26-15)20-14(23)13-9(2)19-10(3)25-13/h6,8,11H,4-5,7H2,1-3H3,(H2,18,22)(H,20,23)/t8-,11-,17?/m0/s1. The van der Waals surface area contributed by atoms with Crippen molar-refractivity contribution in [3.05, 3.63) is 27.7 Å². The Morgan fingerprint density at radius 3 is 2.96 bits per heavy atom. The zero-order valence-electron chi connectivity index (χ0n) is 15.3. The van der Waals surface area contributed by atoms with Crippen molar-refractivity contribution in [1.29, 1.82) is 0 Å². The number of nitrogens with one attached hydrogen (secondary N) is 1. The number of ether oxygens (including phenoxy) is 1. The number of hydrogen-bond acceptors (Lipinski definition) is 9. The molecule has 4 rings (SSSR count). The summed E-state index contributed by atoms with van der Waals surface area (Å²) in [5.41, 5.74) is 6.00. The molecule has 0 aromatic carbocycles. The number of aromatic nitrogens is 2. The van der Waals surface area contributed by atoms with E-state index in [9.17, 15) is 4.79 Å². The third-order valence-electron chi connectivity index (χ3n) is 4.85. The Bertz CT molecular complexity index is 908. The number of hydrogen-bond donors (Lipinski definition) is 2. The molecule has 2 aromatic rings. The molecule has 1 unspecified atom stereocenters. The van der Waals surface area contributed by atoms with Crippen LogP contribution in [0.3, 0.4) is 0 Å². The van der Waals surface area contributed by atoms with E-state index in [-0.39, 0.29) is 17.8 Å². The quantitative estimate of drug-likeness (QED) is 0.803. The largest absolute Gasteiger partial charge is 0.436 e. The smallest absolute Gasteiger partial charge is 0.294 e. The lowest BCUT2D eigenvalue weighted by Crippen LogP contribution is -2.49. The molecule has 2 aliphatic heterocycles. The average Bonchev–Trinajstić information content (AvgIpc) is 3.21. The number of thioether (sulfide) groups is 1. The van der Waals surface area contributed by atoms with Crippen molar-refractivity contribution in [1.82, 2.24) is 9.97 Å². The van der Waals surface area contributed by atoms with Gasteiger partial charge in [-0.2, -0.15) is 0 Å². The second kappa shape index (κ2) is 6.92. The number of carbonyl (C=O) groups excluding carboxylic acids is 1. The molecular formula is C17H21N5O3S2. The van der Waals surface area contributed by atoms with Crippen molar-refractivity contribution < 1.29 is 13.9 Å². The molecule has 4 heterocycles. The molecule has 1 saturated heterocycles. The highest BCUT2D eigenvalue weighted by Gasteiger charge is 2.49. The maximum absolute atomic E-state index is 12.5. The van der Waals surface area contributed by atoms with Gasteiger partial charge in [0.05, 0.1) is 18.4 Å². The van der Waals surface area contributed by atoms with Gasteiger partial charge in [-0.1, -0.05) is 11.8 Å². The first-order valence-corrected chi connectivity index (χ1v) is 10.5. The molecule has 3 atom stereocenters. The van der Waals surface area contributed by atoms with Crippen molar-refractivity contribution in [2.45, 2.75) is 38.8 Å². The summed E-state index contributed by atoms with van der Waals surface area (Å²) < 4.78 is 11.3. The van der Waals surface area contributed by atoms with E-state index < -0.39 is 5.54 Å². The Labute approximate surface area is 165 Å². The van der Waals surface area contributed by atoms with Gasteiger partial charge in [0.15, 0.2) is 11.1 Å². The van der Waals surface area contributed by atoms with Gasteiger partial charge in [-0.25, -0.2) is 15.0 Å². The maximum Gasteiger partial charge on any atom is 0.294 e. The zero-order chi connectivity index (χ0) is 19.2. The number of rotatable bonds is 3. The van der Waals surface area contributed by atoms with E-state index in [2.05, 4.69) is 22.2 Å². The lowest BCUT2D eigenvalue weighted by molar-refractivity contribution is -0.0466. The summed E-state index contributed by atoms with van der Waals surface area (Å²) in [6, 6.07) is 0. The number of anilines is 1. The Hall–Kier alpha value is -1.91. The van der Waals surface area contributed by atoms with Crippen molar-refractivity contribution in [2.24, 2.45) is 16.6 Å². The Morgan fingerprint density at radius 1 is 1.41 bits per heavy atom. The lowest BCUT2D eigenvalue weighted by atomic mass is 9.80. The van der Waals surface area contributed by atoms with Crippen LogP contribution in [0.1, 0.15) is 40.5 Å². The van der Waals surface area contributed by atoms with Crippen molar-refractivity contribution >= 4 is 40.0 Å². The molecule has 0 radical (unpaired) electrons. The van der Waals surface area contributed by atoms with Gasteiger partial charge in [0.1, 0.15) is 16.4 Å². The van der Waals surface area contributed by atoms with Crippen molar-refractivity contribution in [3.63, 3.8) is 0 Å². The highest BCUT2D eigenvalue weighted by molar-refractivity contribution is 8.13. The Kier molecular flexibility index (Phi) is 4.73. The van der Waals surface area contributed by atoms with Crippen LogP contribution in [0, 0.1) is 19.8 Å². The van der Waals surface area contributed by atoms with E-state index in [1.54, 1.807) is 25.6 Å². The van der Waals surface area contributed by atoms with Crippen LogP contribution in [0.4, 0.5) is 5.82 Å². The fraction of sp³-hybridized carbons (Fsp3) is 0.529. The molecule has 2 aromatic heterocycles. The molecular weight excluding hydrogens is 386 g/mol. The van der Waals surface area contributed by atoms with Gasteiger partial charge < -0.3 is 20.2 Å². The van der Waals surface area contributed by atoms with Crippen LogP contribution >= 0.6 is 23.1 Å². The molecule has 0 bridgehead atoms. The number of aryl methyl sites for hydroxylation is 2. The molecule has 3 N–H and O–H groups in total. The normalized spacial score (nSPS) is 27.7. The van der Waals surface area contributed by atoms with Gasteiger partial charge in [0.25, 0.3) is 5.91 Å². The molecule has 2 aliphatic rings. The predicted octanol–water partition coefficient (Wildman–Crippen LogP) is 2.68. The number of amidine groups is 1. The summed E-state index contributed by atoms with van der Waals surface area (Å²) in [5, 5.41) is 5.96. The predicted molar refractivity (Wildman–Crippen MR) is 105 cm³/mol. The number of nitrogens with two attached hydrogens (primary N) is 1. The molecule has 0 spiro atoms. The van der Waals surface area contributed by atoms with Crippen LogP contribution in [-0.2, 0) is 10.3 Å². The van der Waals surface area contributed by atoms with Crippen LogP contribution in [0.25, 0.3) is 0 Å². The summed E-state index contributed by atoms with van der Waals surface area (Å²) >= 11 is 3.04. The summed E-state index contributed by atoms with van der Waals surface area (Å²) in [7, 11) is 0. The molecule has 0 saturated carbocycles. The minimum atomic E-state index is -0.575. The van der Waals surface area contributed by atoms with Crippen LogP contribution in [0.2, 0.25) is 0 Å². The SMILES string of the molecule is Cc1nc(C)c(C(=O)Nc2csc(C34CO[C@@H](C)C[C@H]3CSC(N)=N4)n2)o1. The molecule has 10 heteroatoms. The lowest BCUT2D eigenvalue weighted by Gasteiger charge is -2.44. The maximum atomic E-state index is 12.5. The van der Waals surface area contributed by atoms with Crippen LogP contribution in [0.15, 0.2) is 14.8 Å². The highest BCUT2D eigenvalue weighted by Crippen LogP contribution is 2.47. The third kappa shape index (κ3) is 3.37. The summed E-state index contributed by atoms with van der Waals surface area (Å²) in [6.07, 6.45) is 1.09. The molecule has 8 nitrogen and oxygen atoms in total. The number of amides is 1. The fourth-order valence-corrected chi connectivity index (χ4v) is 5.50. The topological polar surface area (TPSA) is 116 Å². The second-order valence-corrected chi connectivity index (χ2v) is 8.78. The molecule has 1 fully saturated rings. The number of oxazole rings is 1. The van der Waals surface area contributed by atoms with Gasteiger partial charge in [0, 0.05) is 24.0 Å². The van der Waals surface area contributed by atoms with E-state index in [4.69, 9.17) is 19.9 Å². The molecule has 144 valence electrons. The minimum Gasteiger partial charge on any atom is -0.436 e. The number of carbonyl (C=O) groups is 1. The van der Waals surface area contributed by atoms with E-state index >= 15 is 0 Å². The zero-order valence-corrected chi connectivity index (χ0v) is 16.9. The van der Waals surface area contributed by atoms with Gasteiger partial charge in [0.2, 0.25) is 5.76 Å². The van der Waals surface area contributed by atoms with E-state index in [1.165, 1.54) is 11.3 Å². The number of fused-ring (bicyclic) bond motifs is 1. The highest BCUT2D eigenvalue weighted by atomic mass is 32.2. The van der Waals surface area contributed by atoms with Gasteiger partial charge in [-0.05, 0) is 20.3 Å². The summed E-state index contributed by atoms with van der Waals surface area (Å²) in [5.74, 6) is 1.94. The van der Waals surface area contributed by atoms with Gasteiger partial charge >= 0.3 is 0 Å². The first-order valence-electron chi connectivity index (χ1n) is 8.68. The van der Waals surface area contributed by atoms with E-state index in [1.807, 2.05) is 5.38 Å². The molecule has 0 aliphatic carbocycles. The fourth-order valence-electron chi connectivity index (χ4n) is 3.52. The number of nitrogens with zero attached hydrogens (tertiary/aromatic N) is 3. The van der Waals surface area contributed by atoms with Crippen LogP contribution < -0.4 is 11.1 Å². The number of aliphatic imine (C=N–C) groups is 1. The van der Waals surface area contributed by atoms with E-state index in [0.717, 1.165) is 17.2 Å². The third-order valence-corrected chi connectivity index (χ3v) is 6.81. The first-order chi connectivity index (χ1) is 12.9. The van der Waals surface area contributed by atoms with Gasteiger partial charge in [-0.15, -0.1) is 11.3 Å². The summed E-state index contributed by atoms with van der Waals surface area (Å²) in [4.78, 5) is 26.0. The Morgan fingerprint density at radius 2 is 2.22 bits per heavy atom.